The molecule has 1 saturated carbocycles. The fourth-order valence-corrected chi connectivity index (χ4v) is 7.99. The third-order valence-corrected chi connectivity index (χ3v) is 11.1. The van der Waals surface area contributed by atoms with Crippen molar-refractivity contribution in [3.05, 3.63) is 123 Å². The van der Waals surface area contributed by atoms with Crippen LogP contribution in [0.5, 0.6) is 5.75 Å². The molecule has 1 aliphatic carbocycles. The van der Waals surface area contributed by atoms with Crippen molar-refractivity contribution in [2.75, 3.05) is 18.0 Å². The minimum Gasteiger partial charge on any atom is -0.495 e. The predicted molar refractivity (Wildman–Crippen MR) is 190 cm³/mol. The SMILES string of the molecule is COc1ccc(Cl)cc1N(CC(=O)N(Cc1c(Cl)cccc1Cl)[C@H](Cc1ccccc1)C(=O)NC1CCCC1)S(=O)(=O)c1ccccc1. The van der Waals surface area contributed by atoms with E-state index in [1.54, 1.807) is 42.5 Å². The molecule has 4 aromatic rings. The van der Waals surface area contributed by atoms with Gasteiger partial charge in [0.25, 0.3) is 10.0 Å². The van der Waals surface area contributed by atoms with Crippen LogP contribution in [0.25, 0.3) is 0 Å². The first-order chi connectivity index (χ1) is 23.1. The molecule has 5 rings (SSSR count). The Morgan fingerprint density at radius 1 is 0.875 bits per heavy atom. The van der Waals surface area contributed by atoms with Crippen molar-refractivity contribution < 1.29 is 22.7 Å². The number of hydrogen-bond donors (Lipinski definition) is 1. The molecule has 1 N–H and O–H groups in total. The summed E-state index contributed by atoms with van der Waals surface area (Å²) >= 11 is 19.6. The van der Waals surface area contributed by atoms with Gasteiger partial charge in [-0.3, -0.25) is 13.9 Å². The van der Waals surface area contributed by atoms with Crippen LogP contribution in [0.15, 0.2) is 102 Å². The summed E-state index contributed by atoms with van der Waals surface area (Å²) in [6.45, 7) is -0.836. The van der Waals surface area contributed by atoms with Crippen molar-refractivity contribution >= 4 is 62.3 Å². The van der Waals surface area contributed by atoms with Crippen LogP contribution in [0.2, 0.25) is 15.1 Å². The Balaban J connectivity index is 1.63. The molecule has 48 heavy (non-hydrogen) atoms. The Morgan fingerprint density at radius 2 is 1.50 bits per heavy atom. The van der Waals surface area contributed by atoms with Gasteiger partial charge in [-0.25, -0.2) is 8.42 Å². The normalized spacial score (nSPS) is 13.9. The first kappa shape index (κ1) is 35.5. The molecule has 8 nitrogen and oxygen atoms in total. The van der Waals surface area contributed by atoms with E-state index in [1.165, 1.54) is 36.3 Å². The fraction of sp³-hybridized carbons (Fsp3) is 0.278. The second-order valence-electron chi connectivity index (χ2n) is 11.6. The van der Waals surface area contributed by atoms with Crippen LogP contribution in [-0.2, 0) is 32.6 Å². The third kappa shape index (κ3) is 8.44. The van der Waals surface area contributed by atoms with E-state index >= 15 is 0 Å². The molecule has 1 atom stereocenters. The monoisotopic (exact) mass is 727 g/mol. The number of rotatable bonds is 13. The highest BCUT2D eigenvalue weighted by molar-refractivity contribution is 7.92. The number of methoxy groups -OCH3 is 1. The van der Waals surface area contributed by atoms with E-state index in [4.69, 9.17) is 39.5 Å². The minimum atomic E-state index is -4.35. The summed E-state index contributed by atoms with van der Waals surface area (Å²) in [6, 6.07) is 25.6. The molecule has 0 heterocycles. The number of nitrogens with zero attached hydrogens (tertiary/aromatic N) is 2. The molecule has 0 aliphatic heterocycles. The summed E-state index contributed by atoms with van der Waals surface area (Å²) in [6.07, 6.45) is 3.84. The zero-order valence-corrected chi connectivity index (χ0v) is 29.4. The largest absolute Gasteiger partial charge is 0.495 e. The summed E-state index contributed by atoms with van der Waals surface area (Å²) < 4.78 is 35.1. The number of nitrogens with one attached hydrogen (secondary N) is 1. The number of anilines is 1. The average Bonchev–Trinajstić information content (AvgIpc) is 3.60. The standard InChI is InChI=1S/C36H36Cl3N3O5S/c1-47-34-20-19-26(37)22-32(34)42(48(45,46)28-15-6-3-7-16-28)24-35(43)41(23-29-30(38)17-10-18-31(29)39)33(21-25-11-4-2-5-12-25)36(44)40-27-13-8-9-14-27/h2-7,10-12,15-20,22,27,33H,8-9,13-14,21,23-24H2,1H3,(H,40,44)/t33-/m1/s1. The van der Waals surface area contributed by atoms with Crippen molar-refractivity contribution in [3.63, 3.8) is 0 Å². The van der Waals surface area contributed by atoms with Gasteiger partial charge in [0.2, 0.25) is 11.8 Å². The second kappa shape index (κ2) is 16.1. The molecule has 12 heteroatoms. The third-order valence-electron chi connectivity index (χ3n) is 8.38. The quantitative estimate of drug-likeness (QED) is 0.154. The molecular weight excluding hydrogens is 693 g/mol. The van der Waals surface area contributed by atoms with Crippen LogP contribution in [0.1, 0.15) is 36.8 Å². The van der Waals surface area contributed by atoms with Crippen molar-refractivity contribution in [1.29, 1.82) is 0 Å². The molecule has 0 unspecified atom stereocenters. The van der Waals surface area contributed by atoms with Crippen LogP contribution < -0.4 is 14.4 Å². The Bertz CT molecular complexity index is 1820. The Hall–Kier alpha value is -3.76. The molecule has 0 bridgehead atoms. The van der Waals surface area contributed by atoms with Crippen LogP contribution in [-0.4, -0.2) is 50.9 Å². The lowest BCUT2D eigenvalue weighted by Crippen LogP contribution is -2.54. The highest BCUT2D eigenvalue weighted by atomic mass is 35.5. The number of benzene rings is 4. The Labute approximate surface area is 296 Å². The van der Waals surface area contributed by atoms with Crippen LogP contribution in [0.3, 0.4) is 0 Å². The Morgan fingerprint density at radius 3 is 2.12 bits per heavy atom. The van der Waals surface area contributed by atoms with E-state index in [0.717, 1.165) is 35.6 Å². The topological polar surface area (TPSA) is 96.0 Å². The summed E-state index contributed by atoms with van der Waals surface area (Å²) in [5, 5.41) is 4.00. The lowest BCUT2D eigenvalue weighted by molar-refractivity contribution is -0.140. The van der Waals surface area contributed by atoms with E-state index < -0.39 is 28.5 Å². The van der Waals surface area contributed by atoms with Crippen molar-refractivity contribution in [1.82, 2.24) is 10.2 Å². The number of ether oxygens (including phenoxy) is 1. The lowest BCUT2D eigenvalue weighted by atomic mass is 10.0. The molecular formula is C36H36Cl3N3O5S. The van der Waals surface area contributed by atoms with E-state index in [-0.39, 0.29) is 46.3 Å². The van der Waals surface area contributed by atoms with Gasteiger partial charge in [0.05, 0.1) is 17.7 Å². The maximum absolute atomic E-state index is 14.8. The van der Waals surface area contributed by atoms with Crippen molar-refractivity contribution in [3.8, 4) is 5.75 Å². The maximum atomic E-state index is 14.8. The highest BCUT2D eigenvalue weighted by Crippen LogP contribution is 2.35. The Kier molecular flexibility index (Phi) is 11.9. The van der Waals surface area contributed by atoms with Crippen LogP contribution >= 0.6 is 34.8 Å². The number of amides is 2. The molecule has 1 aliphatic rings. The fourth-order valence-electron chi connectivity index (χ4n) is 5.87. The van der Waals surface area contributed by atoms with Gasteiger partial charge in [-0.15, -0.1) is 0 Å². The maximum Gasteiger partial charge on any atom is 0.264 e. The predicted octanol–water partition coefficient (Wildman–Crippen LogP) is 7.55. The first-order valence-electron chi connectivity index (χ1n) is 15.6. The number of hydrogen-bond acceptors (Lipinski definition) is 5. The zero-order chi connectivity index (χ0) is 34.3. The van der Waals surface area contributed by atoms with Crippen LogP contribution in [0.4, 0.5) is 5.69 Å². The van der Waals surface area contributed by atoms with Crippen molar-refractivity contribution in [2.24, 2.45) is 0 Å². The lowest BCUT2D eigenvalue weighted by Gasteiger charge is -2.35. The second-order valence-corrected chi connectivity index (χ2v) is 14.7. The molecule has 0 spiro atoms. The number of carbonyl (C=O) groups excluding carboxylic acids is 2. The smallest absolute Gasteiger partial charge is 0.264 e. The van der Waals surface area contributed by atoms with E-state index in [1.807, 2.05) is 30.3 Å². The molecule has 0 aromatic heterocycles. The van der Waals surface area contributed by atoms with E-state index in [9.17, 15) is 18.0 Å². The summed E-state index contributed by atoms with van der Waals surface area (Å²) in [7, 11) is -2.95. The molecule has 0 saturated heterocycles. The van der Waals surface area contributed by atoms with E-state index in [2.05, 4.69) is 5.32 Å². The van der Waals surface area contributed by atoms with Crippen LogP contribution in [0, 0.1) is 0 Å². The van der Waals surface area contributed by atoms with Gasteiger partial charge in [0, 0.05) is 39.6 Å². The molecule has 2 amide bonds. The summed E-state index contributed by atoms with van der Waals surface area (Å²) in [4.78, 5) is 30.3. The van der Waals surface area contributed by atoms with Gasteiger partial charge >= 0.3 is 0 Å². The average molecular weight is 729 g/mol. The van der Waals surface area contributed by atoms with Gasteiger partial charge in [-0.2, -0.15) is 0 Å². The highest BCUT2D eigenvalue weighted by Gasteiger charge is 2.37. The zero-order valence-electron chi connectivity index (χ0n) is 26.3. The first-order valence-corrected chi connectivity index (χ1v) is 18.1. The number of sulfonamides is 1. The number of halogens is 3. The molecule has 252 valence electrons. The molecule has 0 radical (unpaired) electrons. The summed E-state index contributed by atoms with van der Waals surface area (Å²) in [5.74, 6) is -0.817. The van der Waals surface area contributed by atoms with Crippen molar-refractivity contribution in [2.45, 2.75) is 55.6 Å². The summed E-state index contributed by atoms with van der Waals surface area (Å²) in [5.41, 5.74) is 1.31. The van der Waals surface area contributed by atoms with E-state index in [0.29, 0.717) is 15.6 Å². The minimum absolute atomic E-state index is 0.0256. The van der Waals surface area contributed by atoms with Gasteiger partial charge in [-0.1, -0.05) is 102 Å². The van der Waals surface area contributed by atoms with Gasteiger partial charge in [-0.05, 0) is 60.9 Å². The van der Waals surface area contributed by atoms with Gasteiger partial charge in [0.15, 0.2) is 0 Å². The van der Waals surface area contributed by atoms with Gasteiger partial charge in [0.1, 0.15) is 18.3 Å². The van der Waals surface area contributed by atoms with Gasteiger partial charge < -0.3 is 15.0 Å². The molecule has 4 aromatic carbocycles. The molecule has 1 fully saturated rings. The number of carbonyl (C=O) groups is 2.